The van der Waals surface area contributed by atoms with Crippen LogP contribution in [0.2, 0.25) is 10.0 Å². The molecule has 0 aliphatic heterocycles. The molecule has 1 heterocycles. The second-order valence-corrected chi connectivity index (χ2v) is 8.10. The zero-order valence-corrected chi connectivity index (χ0v) is 18.1. The van der Waals surface area contributed by atoms with E-state index in [-0.39, 0.29) is 0 Å². The minimum absolute atomic E-state index is 0.347. The molecule has 146 valence electrons. The Morgan fingerprint density at radius 1 is 1.11 bits per heavy atom. The standard InChI is InChI=1S/C21H21Cl2N3OS/c1-4-10-26-19(12-27-20-14(2)6-5-7-15(20)3)24-25-21(26)28-13-16-8-9-17(22)18(23)11-16/h4-9,11H,1,10,12-13H2,2-3H3. The van der Waals surface area contributed by atoms with E-state index >= 15 is 0 Å². The summed E-state index contributed by atoms with van der Waals surface area (Å²) >= 11 is 13.7. The van der Waals surface area contributed by atoms with E-state index in [2.05, 4.69) is 16.8 Å². The summed E-state index contributed by atoms with van der Waals surface area (Å²) < 4.78 is 8.06. The number of aryl methyl sites for hydroxylation is 2. The van der Waals surface area contributed by atoms with Crippen LogP contribution in [0.5, 0.6) is 5.75 Å². The van der Waals surface area contributed by atoms with Crippen LogP contribution in [0.3, 0.4) is 0 Å². The van der Waals surface area contributed by atoms with Gasteiger partial charge in [-0.2, -0.15) is 0 Å². The van der Waals surface area contributed by atoms with Crippen molar-refractivity contribution in [3.63, 3.8) is 0 Å². The molecule has 3 rings (SSSR count). The lowest BCUT2D eigenvalue weighted by atomic mass is 10.1. The van der Waals surface area contributed by atoms with Crippen LogP contribution in [0.15, 0.2) is 54.2 Å². The molecule has 28 heavy (non-hydrogen) atoms. The largest absolute Gasteiger partial charge is 0.485 e. The third-order valence-corrected chi connectivity index (χ3v) is 5.99. The van der Waals surface area contributed by atoms with Crippen LogP contribution in [0.1, 0.15) is 22.5 Å². The van der Waals surface area contributed by atoms with E-state index < -0.39 is 0 Å². The predicted octanol–water partition coefficient (Wildman–Crippen LogP) is 6.26. The average molecular weight is 434 g/mol. The molecule has 0 aliphatic rings. The lowest BCUT2D eigenvalue weighted by Crippen LogP contribution is -2.08. The highest BCUT2D eigenvalue weighted by atomic mass is 35.5. The molecule has 0 saturated heterocycles. The van der Waals surface area contributed by atoms with Crippen LogP contribution in [0, 0.1) is 13.8 Å². The number of benzene rings is 2. The van der Waals surface area contributed by atoms with Crippen LogP contribution >= 0.6 is 35.0 Å². The van der Waals surface area contributed by atoms with Crippen LogP contribution < -0.4 is 4.74 Å². The van der Waals surface area contributed by atoms with Crippen molar-refractivity contribution in [2.45, 2.75) is 37.9 Å². The van der Waals surface area contributed by atoms with E-state index in [4.69, 9.17) is 27.9 Å². The average Bonchev–Trinajstić information content (AvgIpc) is 3.04. The fraction of sp³-hybridized carbons (Fsp3) is 0.238. The molecule has 0 amide bonds. The number of halogens is 2. The van der Waals surface area contributed by atoms with Crippen LogP contribution in [-0.2, 0) is 18.9 Å². The van der Waals surface area contributed by atoms with Crippen molar-refractivity contribution in [2.24, 2.45) is 0 Å². The van der Waals surface area contributed by atoms with Gasteiger partial charge in [-0.25, -0.2) is 0 Å². The maximum Gasteiger partial charge on any atom is 0.191 e. The van der Waals surface area contributed by atoms with Crippen molar-refractivity contribution in [3.05, 3.63) is 81.6 Å². The number of allylic oxidation sites excluding steroid dienone is 1. The lowest BCUT2D eigenvalue weighted by molar-refractivity contribution is 0.285. The van der Waals surface area contributed by atoms with Gasteiger partial charge in [0, 0.05) is 12.3 Å². The summed E-state index contributed by atoms with van der Waals surface area (Å²) in [4.78, 5) is 0. The van der Waals surface area contributed by atoms with Gasteiger partial charge >= 0.3 is 0 Å². The SMILES string of the molecule is C=CCn1c(COc2c(C)cccc2C)nnc1SCc1ccc(Cl)c(Cl)c1. The molecule has 7 heteroatoms. The summed E-state index contributed by atoms with van der Waals surface area (Å²) in [6.07, 6.45) is 1.83. The fourth-order valence-corrected chi connectivity index (χ4v) is 4.02. The van der Waals surface area contributed by atoms with Crippen molar-refractivity contribution >= 4 is 35.0 Å². The molecule has 0 N–H and O–H groups in total. The Morgan fingerprint density at radius 2 is 1.86 bits per heavy atom. The topological polar surface area (TPSA) is 39.9 Å². The normalized spacial score (nSPS) is 10.9. The maximum atomic E-state index is 6.10. The van der Waals surface area contributed by atoms with Crippen molar-refractivity contribution < 1.29 is 4.74 Å². The molecule has 2 aromatic carbocycles. The number of aromatic nitrogens is 3. The molecular weight excluding hydrogens is 413 g/mol. The summed E-state index contributed by atoms with van der Waals surface area (Å²) in [5, 5.41) is 10.6. The summed E-state index contributed by atoms with van der Waals surface area (Å²) in [7, 11) is 0. The Balaban J connectivity index is 1.73. The molecule has 0 saturated carbocycles. The van der Waals surface area contributed by atoms with E-state index in [1.807, 2.05) is 54.8 Å². The molecule has 3 aromatic rings. The van der Waals surface area contributed by atoms with E-state index in [1.54, 1.807) is 17.8 Å². The second kappa shape index (κ2) is 9.50. The van der Waals surface area contributed by atoms with Crippen molar-refractivity contribution in [3.8, 4) is 5.75 Å². The first-order valence-electron chi connectivity index (χ1n) is 8.78. The van der Waals surface area contributed by atoms with Gasteiger partial charge in [-0.3, -0.25) is 4.57 Å². The Hall–Kier alpha value is -1.95. The molecular formula is C21H21Cl2N3OS. The minimum Gasteiger partial charge on any atom is -0.485 e. The van der Waals surface area contributed by atoms with Gasteiger partial charge in [0.1, 0.15) is 12.4 Å². The second-order valence-electron chi connectivity index (χ2n) is 6.34. The molecule has 0 bridgehead atoms. The first kappa shape index (κ1) is 20.8. The zero-order valence-electron chi connectivity index (χ0n) is 15.8. The predicted molar refractivity (Wildman–Crippen MR) is 116 cm³/mol. The monoisotopic (exact) mass is 433 g/mol. The summed E-state index contributed by atoms with van der Waals surface area (Å²) in [6, 6.07) is 11.7. The van der Waals surface area contributed by atoms with Gasteiger partial charge in [-0.05, 0) is 42.7 Å². The summed E-state index contributed by atoms with van der Waals surface area (Å²) in [6.45, 7) is 8.88. The Labute approximate surface area is 179 Å². The number of thioether (sulfide) groups is 1. The fourth-order valence-electron chi connectivity index (χ4n) is 2.79. The third kappa shape index (κ3) is 4.90. The quantitative estimate of drug-likeness (QED) is 0.310. The minimum atomic E-state index is 0.347. The van der Waals surface area contributed by atoms with Crippen molar-refractivity contribution in [1.82, 2.24) is 14.8 Å². The van der Waals surface area contributed by atoms with Crippen LogP contribution in [-0.4, -0.2) is 14.8 Å². The van der Waals surface area contributed by atoms with E-state index in [1.165, 1.54) is 0 Å². The Bertz CT molecular complexity index is 968. The molecule has 0 atom stereocenters. The molecule has 0 spiro atoms. The van der Waals surface area contributed by atoms with E-state index in [9.17, 15) is 0 Å². The van der Waals surface area contributed by atoms with E-state index in [0.29, 0.717) is 28.9 Å². The highest BCUT2D eigenvalue weighted by molar-refractivity contribution is 7.98. The smallest absolute Gasteiger partial charge is 0.191 e. The highest BCUT2D eigenvalue weighted by Gasteiger charge is 2.14. The Morgan fingerprint density at radius 3 is 2.54 bits per heavy atom. The molecule has 4 nitrogen and oxygen atoms in total. The zero-order chi connectivity index (χ0) is 20.1. The molecule has 0 radical (unpaired) electrons. The molecule has 0 aliphatic carbocycles. The maximum absolute atomic E-state index is 6.10. The number of hydrogen-bond donors (Lipinski definition) is 0. The molecule has 0 fully saturated rings. The first-order chi connectivity index (χ1) is 13.5. The highest BCUT2D eigenvalue weighted by Crippen LogP contribution is 2.28. The van der Waals surface area contributed by atoms with Gasteiger partial charge in [-0.15, -0.1) is 16.8 Å². The molecule has 0 unspecified atom stereocenters. The van der Waals surface area contributed by atoms with Crippen LogP contribution in [0.25, 0.3) is 0 Å². The first-order valence-corrected chi connectivity index (χ1v) is 10.5. The summed E-state index contributed by atoms with van der Waals surface area (Å²) in [5.41, 5.74) is 3.27. The van der Waals surface area contributed by atoms with Gasteiger partial charge < -0.3 is 4.74 Å². The summed E-state index contributed by atoms with van der Waals surface area (Å²) in [5.74, 6) is 2.36. The third-order valence-electron chi connectivity index (χ3n) is 4.21. The van der Waals surface area contributed by atoms with E-state index in [0.717, 1.165) is 33.4 Å². The van der Waals surface area contributed by atoms with Crippen molar-refractivity contribution in [1.29, 1.82) is 0 Å². The number of rotatable bonds is 8. The van der Waals surface area contributed by atoms with Gasteiger partial charge in [0.2, 0.25) is 0 Å². The molecule has 1 aromatic heterocycles. The number of ether oxygens (including phenoxy) is 1. The van der Waals surface area contributed by atoms with Gasteiger partial charge in [-0.1, -0.05) is 65.3 Å². The number of para-hydroxylation sites is 1. The number of hydrogen-bond acceptors (Lipinski definition) is 4. The number of nitrogens with zero attached hydrogens (tertiary/aromatic N) is 3. The van der Waals surface area contributed by atoms with Gasteiger partial charge in [0.25, 0.3) is 0 Å². The van der Waals surface area contributed by atoms with Crippen molar-refractivity contribution in [2.75, 3.05) is 0 Å². The lowest BCUT2D eigenvalue weighted by Gasteiger charge is -2.12. The van der Waals surface area contributed by atoms with Crippen LogP contribution in [0.4, 0.5) is 0 Å². The van der Waals surface area contributed by atoms with Gasteiger partial charge in [0.15, 0.2) is 11.0 Å². The van der Waals surface area contributed by atoms with Gasteiger partial charge in [0.05, 0.1) is 10.0 Å². The Kier molecular flexibility index (Phi) is 7.05.